The van der Waals surface area contributed by atoms with Gasteiger partial charge in [-0.25, -0.2) is 10.5 Å². The number of carbonyl (C=O) groups excluding carboxylic acids is 1. The minimum atomic E-state index is -0.380. The van der Waals surface area contributed by atoms with Crippen LogP contribution in [0.3, 0.4) is 0 Å². The molecule has 1 aromatic heterocycles. The molecule has 1 heterocycles. The number of benzene rings is 1. The molecular formula is C13H16N4O3. The Bertz CT molecular complexity index is 637. The summed E-state index contributed by atoms with van der Waals surface area (Å²) in [6, 6.07) is 5.38. The van der Waals surface area contributed by atoms with E-state index in [4.69, 9.17) is 15.3 Å². The number of ether oxygens (including phenoxy) is 2. The molecule has 1 amide bonds. The zero-order valence-electron chi connectivity index (χ0n) is 11.5. The second kappa shape index (κ2) is 5.62. The minimum absolute atomic E-state index is 0.380. The number of nitrogen functional groups attached to an aromatic ring is 1. The number of hydrogen-bond acceptors (Lipinski definition) is 5. The van der Waals surface area contributed by atoms with Gasteiger partial charge in [-0.05, 0) is 19.1 Å². The first-order valence-corrected chi connectivity index (χ1v) is 5.90. The lowest BCUT2D eigenvalue weighted by Gasteiger charge is -2.10. The lowest BCUT2D eigenvalue weighted by Crippen LogP contribution is -2.30. The van der Waals surface area contributed by atoms with Gasteiger partial charge in [-0.2, -0.15) is 5.10 Å². The first-order valence-electron chi connectivity index (χ1n) is 5.90. The number of hydrogen-bond donors (Lipinski definition) is 2. The molecule has 0 radical (unpaired) electrons. The average molecular weight is 276 g/mol. The number of carbonyl (C=O) groups is 1. The van der Waals surface area contributed by atoms with Crippen molar-refractivity contribution in [3.05, 3.63) is 35.7 Å². The SMILES string of the molecule is COc1ccc(-n2ncc(C(=O)NN)c2C)cc1OC. The molecule has 0 bridgehead atoms. The highest BCUT2D eigenvalue weighted by molar-refractivity contribution is 5.94. The molecule has 7 nitrogen and oxygen atoms in total. The van der Waals surface area contributed by atoms with E-state index >= 15 is 0 Å². The topological polar surface area (TPSA) is 91.4 Å². The highest BCUT2D eigenvalue weighted by atomic mass is 16.5. The molecular weight excluding hydrogens is 260 g/mol. The molecule has 2 rings (SSSR count). The number of methoxy groups -OCH3 is 2. The van der Waals surface area contributed by atoms with Crippen LogP contribution in [0.15, 0.2) is 24.4 Å². The van der Waals surface area contributed by atoms with Crippen LogP contribution >= 0.6 is 0 Å². The molecule has 3 N–H and O–H groups in total. The zero-order chi connectivity index (χ0) is 14.7. The van der Waals surface area contributed by atoms with Crippen molar-refractivity contribution >= 4 is 5.91 Å². The summed E-state index contributed by atoms with van der Waals surface area (Å²) in [6.07, 6.45) is 1.47. The van der Waals surface area contributed by atoms with Crippen LogP contribution in [-0.2, 0) is 0 Å². The van der Waals surface area contributed by atoms with E-state index in [1.54, 1.807) is 38.0 Å². The van der Waals surface area contributed by atoms with E-state index in [1.807, 2.05) is 6.07 Å². The van der Waals surface area contributed by atoms with E-state index in [1.165, 1.54) is 6.20 Å². The molecule has 0 aliphatic heterocycles. The third kappa shape index (κ3) is 2.30. The maximum atomic E-state index is 11.6. The van der Waals surface area contributed by atoms with Gasteiger partial charge in [0.15, 0.2) is 11.5 Å². The monoisotopic (exact) mass is 276 g/mol. The predicted octanol–water partition coefficient (Wildman–Crippen LogP) is 0.801. The van der Waals surface area contributed by atoms with Gasteiger partial charge < -0.3 is 9.47 Å². The van der Waals surface area contributed by atoms with E-state index < -0.39 is 0 Å². The van der Waals surface area contributed by atoms with Crippen LogP contribution in [0.25, 0.3) is 5.69 Å². The molecule has 1 aromatic carbocycles. The van der Waals surface area contributed by atoms with E-state index in [0.717, 1.165) is 5.69 Å². The molecule has 0 fully saturated rings. The Morgan fingerprint density at radius 3 is 2.60 bits per heavy atom. The van der Waals surface area contributed by atoms with Crippen LogP contribution in [0.2, 0.25) is 0 Å². The van der Waals surface area contributed by atoms with Crippen LogP contribution < -0.4 is 20.7 Å². The van der Waals surface area contributed by atoms with Gasteiger partial charge in [0.2, 0.25) is 0 Å². The maximum absolute atomic E-state index is 11.6. The molecule has 0 aliphatic carbocycles. The van der Waals surface area contributed by atoms with Crippen LogP contribution in [0.5, 0.6) is 11.5 Å². The minimum Gasteiger partial charge on any atom is -0.493 e. The van der Waals surface area contributed by atoms with Gasteiger partial charge in [-0.1, -0.05) is 0 Å². The van der Waals surface area contributed by atoms with Crippen molar-refractivity contribution in [2.75, 3.05) is 14.2 Å². The third-order valence-corrected chi connectivity index (χ3v) is 3.00. The number of aromatic nitrogens is 2. The molecule has 2 aromatic rings. The fourth-order valence-electron chi connectivity index (χ4n) is 1.93. The molecule has 7 heteroatoms. The summed E-state index contributed by atoms with van der Waals surface area (Å²) in [5.41, 5.74) is 3.95. The lowest BCUT2D eigenvalue weighted by molar-refractivity contribution is 0.0953. The van der Waals surface area contributed by atoms with Crippen LogP contribution in [0.1, 0.15) is 16.1 Å². The van der Waals surface area contributed by atoms with Crippen molar-refractivity contribution in [3.63, 3.8) is 0 Å². The Hall–Kier alpha value is -2.54. The van der Waals surface area contributed by atoms with Crippen molar-refractivity contribution in [1.82, 2.24) is 15.2 Å². The number of amides is 1. The summed E-state index contributed by atoms with van der Waals surface area (Å²) in [4.78, 5) is 11.6. The van der Waals surface area contributed by atoms with Crippen molar-refractivity contribution in [3.8, 4) is 17.2 Å². The lowest BCUT2D eigenvalue weighted by atomic mass is 10.2. The van der Waals surface area contributed by atoms with Crippen LogP contribution in [-0.4, -0.2) is 29.9 Å². The van der Waals surface area contributed by atoms with Crippen molar-refractivity contribution < 1.29 is 14.3 Å². The van der Waals surface area contributed by atoms with Gasteiger partial charge in [-0.3, -0.25) is 10.2 Å². The number of nitrogens with one attached hydrogen (secondary N) is 1. The largest absolute Gasteiger partial charge is 0.493 e. The van der Waals surface area contributed by atoms with E-state index in [-0.39, 0.29) is 5.91 Å². The van der Waals surface area contributed by atoms with Gasteiger partial charge in [0.1, 0.15) is 0 Å². The molecule has 0 unspecified atom stereocenters. The summed E-state index contributed by atoms with van der Waals surface area (Å²) >= 11 is 0. The Kier molecular flexibility index (Phi) is 3.90. The molecule has 0 aliphatic rings. The summed E-state index contributed by atoms with van der Waals surface area (Å²) in [6.45, 7) is 1.79. The third-order valence-electron chi connectivity index (χ3n) is 3.00. The predicted molar refractivity (Wildman–Crippen MR) is 73.1 cm³/mol. The molecule has 0 spiro atoms. The standard InChI is InChI=1S/C13H16N4O3/c1-8-10(13(18)16-14)7-15-17(8)9-4-5-11(19-2)12(6-9)20-3/h4-7H,14H2,1-3H3,(H,16,18). The van der Waals surface area contributed by atoms with E-state index in [2.05, 4.69) is 10.5 Å². The molecule has 20 heavy (non-hydrogen) atoms. The highest BCUT2D eigenvalue weighted by Gasteiger charge is 2.15. The van der Waals surface area contributed by atoms with Gasteiger partial charge in [0.05, 0.1) is 37.4 Å². The summed E-state index contributed by atoms with van der Waals surface area (Å²) in [5.74, 6) is 5.96. The van der Waals surface area contributed by atoms with Crippen molar-refractivity contribution in [2.45, 2.75) is 6.92 Å². The summed E-state index contributed by atoms with van der Waals surface area (Å²) in [7, 11) is 3.13. The Balaban J connectivity index is 2.47. The molecule has 0 atom stereocenters. The fourth-order valence-corrected chi connectivity index (χ4v) is 1.93. The summed E-state index contributed by atoms with van der Waals surface area (Å²) in [5, 5.41) is 4.19. The fraction of sp³-hybridized carbons (Fsp3) is 0.231. The van der Waals surface area contributed by atoms with Gasteiger partial charge >= 0.3 is 0 Å². The summed E-state index contributed by atoms with van der Waals surface area (Å²) < 4.78 is 12.1. The second-order valence-electron chi connectivity index (χ2n) is 4.07. The van der Waals surface area contributed by atoms with Gasteiger partial charge in [0, 0.05) is 6.07 Å². The first kappa shape index (κ1) is 13.9. The second-order valence-corrected chi connectivity index (χ2v) is 4.07. The number of nitrogens with two attached hydrogens (primary N) is 1. The number of hydrazine groups is 1. The molecule has 106 valence electrons. The maximum Gasteiger partial charge on any atom is 0.268 e. The highest BCUT2D eigenvalue weighted by Crippen LogP contribution is 2.29. The van der Waals surface area contributed by atoms with Crippen molar-refractivity contribution in [2.24, 2.45) is 5.84 Å². The quantitative estimate of drug-likeness (QED) is 0.489. The average Bonchev–Trinajstić information content (AvgIpc) is 2.87. The van der Waals surface area contributed by atoms with E-state index in [0.29, 0.717) is 22.8 Å². The smallest absolute Gasteiger partial charge is 0.268 e. The van der Waals surface area contributed by atoms with Gasteiger partial charge in [0.25, 0.3) is 5.91 Å². The van der Waals surface area contributed by atoms with E-state index in [9.17, 15) is 4.79 Å². The number of rotatable bonds is 4. The Labute approximate surface area is 116 Å². The Morgan fingerprint density at radius 2 is 2.00 bits per heavy atom. The molecule has 0 saturated carbocycles. The zero-order valence-corrected chi connectivity index (χ0v) is 11.5. The van der Waals surface area contributed by atoms with Crippen LogP contribution in [0.4, 0.5) is 0 Å². The van der Waals surface area contributed by atoms with Crippen molar-refractivity contribution in [1.29, 1.82) is 0 Å². The molecule has 0 saturated heterocycles. The number of nitrogens with zero attached hydrogens (tertiary/aromatic N) is 2. The van der Waals surface area contributed by atoms with Gasteiger partial charge in [-0.15, -0.1) is 0 Å². The first-order chi connectivity index (χ1) is 9.62. The van der Waals surface area contributed by atoms with Crippen LogP contribution in [0, 0.1) is 6.92 Å². The normalized spacial score (nSPS) is 10.2. The Morgan fingerprint density at radius 1 is 1.30 bits per heavy atom.